The maximum atomic E-state index is 5.71. The van der Waals surface area contributed by atoms with Gasteiger partial charge in [0.1, 0.15) is 0 Å². The number of nitrogen functional groups attached to an aromatic ring is 1. The van der Waals surface area contributed by atoms with Crippen LogP contribution >= 0.6 is 0 Å². The molecule has 0 aliphatic heterocycles. The van der Waals surface area contributed by atoms with Gasteiger partial charge in [-0.2, -0.15) is 0 Å². The number of anilines is 2. The predicted molar refractivity (Wildman–Crippen MR) is 51.0 cm³/mol. The lowest BCUT2D eigenvalue weighted by Crippen LogP contribution is -2.25. The van der Waals surface area contributed by atoms with E-state index in [1.807, 2.05) is 18.0 Å². The molecule has 0 saturated carbocycles. The molecule has 0 bridgehead atoms. The Balaban J connectivity index is 2.79. The zero-order valence-electron chi connectivity index (χ0n) is 7.20. The summed E-state index contributed by atoms with van der Waals surface area (Å²) in [4.78, 5) is 5.92. The van der Waals surface area contributed by atoms with Crippen LogP contribution in [0, 0.1) is 0 Å². The minimum Gasteiger partial charge on any atom is -0.396 e. The summed E-state index contributed by atoms with van der Waals surface area (Å²) in [5.41, 5.74) is 12.8. The van der Waals surface area contributed by atoms with E-state index in [1.165, 1.54) is 0 Å². The van der Waals surface area contributed by atoms with Gasteiger partial charge < -0.3 is 16.4 Å². The van der Waals surface area contributed by atoms with E-state index in [0.29, 0.717) is 12.2 Å². The maximum absolute atomic E-state index is 5.71. The van der Waals surface area contributed by atoms with Gasteiger partial charge in [0, 0.05) is 26.3 Å². The molecule has 4 N–H and O–H groups in total. The number of nitrogens with zero attached hydrogens (tertiary/aromatic N) is 2. The first-order chi connectivity index (χ1) is 5.75. The topological polar surface area (TPSA) is 68.2 Å². The van der Waals surface area contributed by atoms with Crippen LogP contribution in [0.15, 0.2) is 18.5 Å². The van der Waals surface area contributed by atoms with Gasteiger partial charge in [0.25, 0.3) is 0 Å². The van der Waals surface area contributed by atoms with Crippen molar-refractivity contribution < 1.29 is 0 Å². The third kappa shape index (κ3) is 1.85. The van der Waals surface area contributed by atoms with Crippen LogP contribution in [0.1, 0.15) is 0 Å². The van der Waals surface area contributed by atoms with E-state index in [-0.39, 0.29) is 0 Å². The van der Waals surface area contributed by atoms with Crippen molar-refractivity contribution in [2.75, 3.05) is 30.8 Å². The van der Waals surface area contributed by atoms with E-state index in [0.717, 1.165) is 12.2 Å². The molecule has 0 aliphatic carbocycles. The van der Waals surface area contributed by atoms with E-state index in [2.05, 4.69) is 4.98 Å². The molecule has 0 aromatic carbocycles. The van der Waals surface area contributed by atoms with Crippen LogP contribution in [-0.2, 0) is 0 Å². The molecule has 4 heteroatoms. The van der Waals surface area contributed by atoms with Crippen molar-refractivity contribution in [3.05, 3.63) is 18.5 Å². The van der Waals surface area contributed by atoms with Crippen molar-refractivity contribution in [2.45, 2.75) is 0 Å². The minimum absolute atomic E-state index is 0.623. The van der Waals surface area contributed by atoms with Crippen LogP contribution in [0.3, 0.4) is 0 Å². The van der Waals surface area contributed by atoms with Crippen molar-refractivity contribution in [2.24, 2.45) is 5.73 Å². The van der Waals surface area contributed by atoms with Gasteiger partial charge in [-0.3, -0.25) is 4.98 Å². The number of rotatable bonds is 3. The number of hydrogen-bond donors (Lipinski definition) is 2. The molecule has 1 aromatic rings. The lowest BCUT2D eigenvalue weighted by Gasteiger charge is -2.19. The summed E-state index contributed by atoms with van der Waals surface area (Å²) in [5, 5.41) is 0. The van der Waals surface area contributed by atoms with Crippen LogP contribution in [0.25, 0.3) is 0 Å². The molecule has 4 nitrogen and oxygen atoms in total. The monoisotopic (exact) mass is 166 g/mol. The Kier molecular flexibility index (Phi) is 2.88. The molecular formula is C8H14N4. The Hall–Kier alpha value is -1.29. The average molecular weight is 166 g/mol. The van der Waals surface area contributed by atoms with E-state index in [4.69, 9.17) is 11.5 Å². The first-order valence-electron chi connectivity index (χ1n) is 3.86. The van der Waals surface area contributed by atoms with Crippen molar-refractivity contribution in [1.29, 1.82) is 0 Å². The van der Waals surface area contributed by atoms with Crippen molar-refractivity contribution in [1.82, 2.24) is 4.98 Å². The largest absolute Gasteiger partial charge is 0.396 e. The van der Waals surface area contributed by atoms with Crippen LogP contribution in [0.4, 0.5) is 11.4 Å². The van der Waals surface area contributed by atoms with Crippen LogP contribution in [0.5, 0.6) is 0 Å². The van der Waals surface area contributed by atoms with Gasteiger partial charge in [0.05, 0.1) is 17.6 Å². The van der Waals surface area contributed by atoms with Gasteiger partial charge >= 0.3 is 0 Å². The fourth-order valence-electron chi connectivity index (χ4n) is 1.06. The molecule has 0 atom stereocenters. The lowest BCUT2D eigenvalue weighted by molar-refractivity contribution is 0.886. The Morgan fingerprint density at radius 3 is 2.92 bits per heavy atom. The molecule has 66 valence electrons. The van der Waals surface area contributed by atoms with Gasteiger partial charge in [0.2, 0.25) is 0 Å². The van der Waals surface area contributed by atoms with Crippen molar-refractivity contribution in [3.63, 3.8) is 0 Å². The molecule has 0 spiro atoms. The summed E-state index contributed by atoms with van der Waals surface area (Å²) in [7, 11) is 1.96. The molecule has 0 amide bonds. The molecule has 12 heavy (non-hydrogen) atoms. The molecule has 0 aliphatic rings. The molecule has 0 unspecified atom stereocenters. The van der Waals surface area contributed by atoms with E-state index >= 15 is 0 Å². The summed E-state index contributed by atoms with van der Waals surface area (Å²) in [5.74, 6) is 0. The molecule has 0 radical (unpaired) electrons. The first kappa shape index (κ1) is 8.80. The van der Waals surface area contributed by atoms with Gasteiger partial charge in [0.15, 0.2) is 0 Å². The molecule has 0 fully saturated rings. The second-order valence-corrected chi connectivity index (χ2v) is 2.64. The summed E-state index contributed by atoms with van der Waals surface area (Å²) < 4.78 is 0. The number of likely N-dealkylation sites (N-methyl/N-ethyl adjacent to an activating group) is 1. The van der Waals surface area contributed by atoms with Gasteiger partial charge in [-0.05, 0) is 6.07 Å². The predicted octanol–water partition coefficient (Wildman–Crippen LogP) is 0.0587. The van der Waals surface area contributed by atoms with E-state index in [1.54, 1.807) is 12.4 Å². The summed E-state index contributed by atoms with van der Waals surface area (Å²) in [6, 6.07) is 1.88. The number of aromatic nitrogens is 1. The maximum Gasteiger partial charge on any atom is 0.0738 e. The molecule has 1 aromatic heterocycles. The highest BCUT2D eigenvalue weighted by Crippen LogP contribution is 2.18. The smallest absolute Gasteiger partial charge is 0.0738 e. The second kappa shape index (κ2) is 3.92. The summed E-state index contributed by atoms with van der Waals surface area (Å²) in [6.45, 7) is 1.42. The zero-order chi connectivity index (χ0) is 8.97. The second-order valence-electron chi connectivity index (χ2n) is 2.64. The Labute approximate surface area is 72.2 Å². The average Bonchev–Trinajstić information content (AvgIpc) is 2.05. The first-order valence-corrected chi connectivity index (χ1v) is 3.86. The van der Waals surface area contributed by atoms with Crippen molar-refractivity contribution >= 4 is 11.4 Å². The SMILES string of the molecule is CN(CCN)c1ccncc1N. The molecule has 1 heterocycles. The zero-order valence-corrected chi connectivity index (χ0v) is 7.20. The molecule has 1 rings (SSSR count). The fourth-order valence-corrected chi connectivity index (χ4v) is 1.06. The number of pyridine rings is 1. The fraction of sp³-hybridized carbons (Fsp3) is 0.375. The highest BCUT2D eigenvalue weighted by Gasteiger charge is 2.02. The lowest BCUT2D eigenvalue weighted by atomic mass is 10.3. The highest BCUT2D eigenvalue weighted by molar-refractivity contribution is 5.65. The number of nitrogens with two attached hydrogens (primary N) is 2. The number of hydrogen-bond acceptors (Lipinski definition) is 4. The van der Waals surface area contributed by atoms with E-state index in [9.17, 15) is 0 Å². The normalized spacial score (nSPS) is 9.83. The molecular weight excluding hydrogens is 152 g/mol. The van der Waals surface area contributed by atoms with Crippen LogP contribution < -0.4 is 16.4 Å². The summed E-state index contributed by atoms with van der Waals surface area (Å²) >= 11 is 0. The third-order valence-electron chi connectivity index (χ3n) is 1.70. The van der Waals surface area contributed by atoms with E-state index < -0.39 is 0 Å². The molecule has 0 saturated heterocycles. The van der Waals surface area contributed by atoms with Crippen LogP contribution in [-0.4, -0.2) is 25.1 Å². The highest BCUT2D eigenvalue weighted by atomic mass is 15.1. The van der Waals surface area contributed by atoms with Gasteiger partial charge in [-0.1, -0.05) is 0 Å². The minimum atomic E-state index is 0.623. The quantitative estimate of drug-likeness (QED) is 0.666. The van der Waals surface area contributed by atoms with Crippen LogP contribution in [0.2, 0.25) is 0 Å². The Morgan fingerprint density at radius 1 is 1.58 bits per heavy atom. The van der Waals surface area contributed by atoms with Crippen molar-refractivity contribution in [3.8, 4) is 0 Å². The summed E-state index contributed by atoms with van der Waals surface area (Å²) in [6.07, 6.45) is 3.36. The van der Waals surface area contributed by atoms with Gasteiger partial charge in [-0.25, -0.2) is 0 Å². The Morgan fingerprint density at radius 2 is 2.33 bits per heavy atom. The standard InChI is InChI=1S/C8H14N4/c1-12(5-3-9)8-2-4-11-6-7(8)10/h2,4,6H,3,5,9-10H2,1H3. The third-order valence-corrected chi connectivity index (χ3v) is 1.70. The Bertz CT molecular complexity index is 249. The van der Waals surface area contributed by atoms with Gasteiger partial charge in [-0.15, -0.1) is 0 Å².